The first-order chi connectivity index (χ1) is 11.8. The molecule has 0 bridgehead atoms. The summed E-state index contributed by atoms with van der Waals surface area (Å²) >= 11 is 0. The maximum Gasteiger partial charge on any atom is 0.223 e. The number of piperidine rings is 1. The highest BCUT2D eigenvalue weighted by Gasteiger charge is 2.32. The van der Waals surface area contributed by atoms with Crippen LogP contribution in [0.4, 0.5) is 0 Å². The second-order valence-corrected chi connectivity index (χ2v) is 8.13. The summed E-state index contributed by atoms with van der Waals surface area (Å²) in [5, 5.41) is 12.9. The topological polar surface area (TPSA) is 56.1 Å². The monoisotopic (exact) mass is 331 g/mol. The van der Waals surface area contributed by atoms with E-state index in [0.717, 1.165) is 38.8 Å². The number of carbonyl (C=O) groups excluding carboxylic acids is 1. The van der Waals surface area contributed by atoms with E-state index in [4.69, 9.17) is 0 Å². The van der Waals surface area contributed by atoms with Gasteiger partial charge in [0.15, 0.2) is 0 Å². The molecule has 1 saturated heterocycles. The zero-order valence-corrected chi connectivity index (χ0v) is 15.0. The molecule has 1 N–H and O–H groups in total. The fourth-order valence-electron chi connectivity index (χ4n) is 4.94. The maximum absolute atomic E-state index is 12.4. The average molecular weight is 332 g/mol. The molecule has 0 aromatic heterocycles. The number of hydrogen-bond donors (Lipinski definition) is 1. The largest absolute Gasteiger partial charge is 0.353 e. The number of hydrogen-bond acceptors (Lipinski definition) is 3. The lowest BCUT2D eigenvalue weighted by atomic mass is 9.83. The van der Waals surface area contributed by atoms with E-state index < -0.39 is 0 Å². The van der Waals surface area contributed by atoms with Crippen molar-refractivity contribution < 1.29 is 4.79 Å². The SMILES string of the molecule is N#CC(C1CCCCC1)N1CCC(NC(=O)C2CCCCC2)CC1. The molecule has 3 aliphatic rings. The second kappa shape index (κ2) is 8.85. The van der Waals surface area contributed by atoms with E-state index in [9.17, 15) is 10.1 Å². The number of nitrogens with one attached hydrogen (secondary N) is 1. The van der Waals surface area contributed by atoms with Crippen LogP contribution in [0.25, 0.3) is 0 Å². The highest BCUT2D eigenvalue weighted by molar-refractivity contribution is 5.79. The summed E-state index contributed by atoms with van der Waals surface area (Å²) < 4.78 is 0. The van der Waals surface area contributed by atoms with Gasteiger partial charge in [-0.05, 0) is 44.4 Å². The lowest BCUT2D eigenvalue weighted by Crippen LogP contribution is -2.50. The van der Waals surface area contributed by atoms with Gasteiger partial charge in [-0.15, -0.1) is 0 Å². The van der Waals surface area contributed by atoms with E-state index in [1.165, 1.54) is 51.4 Å². The van der Waals surface area contributed by atoms with Gasteiger partial charge < -0.3 is 5.32 Å². The Balaban J connectivity index is 1.44. The molecule has 2 saturated carbocycles. The Morgan fingerprint density at radius 2 is 1.50 bits per heavy atom. The van der Waals surface area contributed by atoms with Gasteiger partial charge in [0.1, 0.15) is 6.04 Å². The van der Waals surface area contributed by atoms with Gasteiger partial charge >= 0.3 is 0 Å². The van der Waals surface area contributed by atoms with E-state index in [1.54, 1.807) is 0 Å². The minimum absolute atomic E-state index is 0.0975. The van der Waals surface area contributed by atoms with E-state index in [0.29, 0.717) is 12.0 Å². The molecular formula is C20H33N3O. The molecule has 0 spiro atoms. The van der Waals surface area contributed by atoms with Crippen molar-refractivity contribution in [2.45, 2.75) is 89.1 Å². The molecule has 1 unspecified atom stereocenters. The van der Waals surface area contributed by atoms with Gasteiger partial charge in [-0.2, -0.15) is 5.26 Å². The van der Waals surface area contributed by atoms with Crippen molar-refractivity contribution in [3.05, 3.63) is 0 Å². The lowest BCUT2D eigenvalue weighted by Gasteiger charge is -2.39. The van der Waals surface area contributed by atoms with E-state index >= 15 is 0 Å². The average Bonchev–Trinajstić information content (AvgIpc) is 2.65. The molecule has 3 rings (SSSR count). The highest BCUT2D eigenvalue weighted by atomic mass is 16.1. The number of rotatable bonds is 4. The molecule has 1 heterocycles. The van der Waals surface area contributed by atoms with Crippen LogP contribution >= 0.6 is 0 Å². The molecule has 24 heavy (non-hydrogen) atoms. The first kappa shape index (κ1) is 17.7. The van der Waals surface area contributed by atoms with Crippen molar-refractivity contribution in [2.24, 2.45) is 11.8 Å². The molecule has 0 radical (unpaired) electrons. The van der Waals surface area contributed by atoms with Crippen molar-refractivity contribution in [1.29, 1.82) is 5.26 Å². The molecule has 0 aromatic rings. The Kier molecular flexibility index (Phi) is 6.54. The third-order valence-corrected chi connectivity index (χ3v) is 6.47. The Labute approximate surface area is 147 Å². The first-order valence-corrected chi connectivity index (χ1v) is 10.2. The summed E-state index contributed by atoms with van der Waals surface area (Å²) in [5.74, 6) is 1.11. The Morgan fingerprint density at radius 1 is 0.917 bits per heavy atom. The summed E-state index contributed by atoms with van der Waals surface area (Å²) in [7, 11) is 0. The van der Waals surface area contributed by atoms with Crippen LogP contribution in [0.3, 0.4) is 0 Å². The number of carbonyl (C=O) groups is 1. The van der Waals surface area contributed by atoms with Crippen molar-refractivity contribution in [3.63, 3.8) is 0 Å². The predicted molar refractivity (Wildman–Crippen MR) is 95.3 cm³/mol. The van der Waals surface area contributed by atoms with Crippen LogP contribution in [0.2, 0.25) is 0 Å². The van der Waals surface area contributed by atoms with Crippen LogP contribution < -0.4 is 5.32 Å². The molecule has 1 amide bonds. The number of nitrogens with zero attached hydrogens (tertiary/aromatic N) is 2. The van der Waals surface area contributed by atoms with Gasteiger partial charge in [0.05, 0.1) is 6.07 Å². The zero-order chi connectivity index (χ0) is 16.8. The predicted octanol–water partition coefficient (Wildman–Crippen LogP) is 3.62. The van der Waals surface area contributed by atoms with Gasteiger partial charge in [0, 0.05) is 25.0 Å². The number of amides is 1. The van der Waals surface area contributed by atoms with Crippen LogP contribution in [-0.2, 0) is 4.79 Å². The smallest absolute Gasteiger partial charge is 0.223 e. The molecular weight excluding hydrogens is 298 g/mol. The van der Waals surface area contributed by atoms with E-state index in [-0.39, 0.29) is 17.9 Å². The molecule has 0 aromatic carbocycles. The molecule has 4 nitrogen and oxygen atoms in total. The number of nitriles is 1. The van der Waals surface area contributed by atoms with E-state index in [1.807, 2.05) is 0 Å². The molecule has 1 atom stereocenters. The van der Waals surface area contributed by atoms with Crippen LogP contribution in [-0.4, -0.2) is 36.0 Å². The zero-order valence-electron chi connectivity index (χ0n) is 15.0. The van der Waals surface area contributed by atoms with Crippen molar-refractivity contribution >= 4 is 5.91 Å². The summed E-state index contributed by atoms with van der Waals surface area (Å²) in [6.07, 6.45) is 14.2. The van der Waals surface area contributed by atoms with Gasteiger partial charge in [0.25, 0.3) is 0 Å². The van der Waals surface area contributed by atoms with Crippen LogP contribution in [0.5, 0.6) is 0 Å². The molecule has 1 aliphatic heterocycles. The fourth-order valence-corrected chi connectivity index (χ4v) is 4.94. The van der Waals surface area contributed by atoms with E-state index in [2.05, 4.69) is 16.3 Å². The second-order valence-electron chi connectivity index (χ2n) is 8.13. The molecule has 4 heteroatoms. The summed E-state index contributed by atoms with van der Waals surface area (Å²) in [4.78, 5) is 14.8. The minimum atomic E-state index is 0.0975. The normalized spacial score (nSPS) is 26.6. The van der Waals surface area contributed by atoms with Gasteiger partial charge in [-0.25, -0.2) is 0 Å². The molecule has 2 aliphatic carbocycles. The van der Waals surface area contributed by atoms with Gasteiger partial charge in [-0.3, -0.25) is 9.69 Å². The maximum atomic E-state index is 12.4. The van der Waals surface area contributed by atoms with Gasteiger partial charge in [-0.1, -0.05) is 38.5 Å². The summed E-state index contributed by atoms with van der Waals surface area (Å²) in [5.41, 5.74) is 0. The first-order valence-electron chi connectivity index (χ1n) is 10.2. The number of likely N-dealkylation sites (tertiary alicyclic amines) is 1. The van der Waals surface area contributed by atoms with Crippen molar-refractivity contribution in [2.75, 3.05) is 13.1 Å². The Bertz CT molecular complexity index is 438. The van der Waals surface area contributed by atoms with Gasteiger partial charge in [0.2, 0.25) is 5.91 Å². The molecule has 3 fully saturated rings. The molecule has 134 valence electrons. The minimum Gasteiger partial charge on any atom is -0.353 e. The van der Waals surface area contributed by atoms with Crippen LogP contribution in [0.1, 0.15) is 77.0 Å². The Hall–Kier alpha value is -1.08. The lowest BCUT2D eigenvalue weighted by molar-refractivity contribution is -0.127. The third kappa shape index (κ3) is 4.51. The highest BCUT2D eigenvalue weighted by Crippen LogP contribution is 2.30. The Morgan fingerprint density at radius 3 is 2.08 bits per heavy atom. The summed E-state index contributed by atoms with van der Waals surface area (Å²) in [6.45, 7) is 1.93. The van der Waals surface area contributed by atoms with Crippen LogP contribution in [0, 0.1) is 23.2 Å². The standard InChI is InChI=1S/C20H33N3O/c21-15-19(16-7-3-1-4-8-16)23-13-11-18(12-14-23)22-20(24)17-9-5-2-6-10-17/h16-19H,1-14H2,(H,22,24). The van der Waals surface area contributed by atoms with Crippen LogP contribution in [0.15, 0.2) is 0 Å². The van der Waals surface area contributed by atoms with Crippen molar-refractivity contribution in [3.8, 4) is 6.07 Å². The summed E-state index contributed by atoms with van der Waals surface area (Å²) in [6, 6.07) is 3.01. The van der Waals surface area contributed by atoms with Crippen molar-refractivity contribution in [1.82, 2.24) is 10.2 Å². The quantitative estimate of drug-likeness (QED) is 0.856. The third-order valence-electron chi connectivity index (χ3n) is 6.47. The fraction of sp³-hybridized carbons (Fsp3) is 0.900.